The molecule has 0 saturated carbocycles. The molecule has 0 aliphatic rings. The first-order valence-electron chi connectivity index (χ1n) is 6.16. The van der Waals surface area contributed by atoms with Crippen LogP contribution in [0, 0.1) is 5.82 Å². The Morgan fingerprint density at radius 1 is 1.38 bits per heavy atom. The summed E-state index contributed by atoms with van der Waals surface area (Å²) in [7, 11) is 0. The molecular formula is C14H11FN4OS. The number of carbonyl (C=O) groups excluding carboxylic acids is 1. The van der Waals surface area contributed by atoms with Crippen LogP contribution in [0.1, 0.15) is 16.1 Å². The van der Waals surface area contributed by atoms with E-state index in [1.54, 1.807) is 30.5 Å². The summed E-state index contributed by atoms with van der Waals surface area (Å²) in [4.78, 5) is 15.5. The second kappa shape index (κ2) is 5.45. The summed E-state index contributed by atoms with van der Waals surface area (Å²) in [5.41, 5.74) is 6.52. The lowest BCUT2D eigenvalue weighted by Crippen LogP contribution is -2.13. The molecule has 0 atom stereocenters. The number of hydrogen-bond donors (Lipinski definition) is 1. The fraction of sp³-hybridized carbons (Fsp3) is 0.0714. The highest BCUT2D eigenvalue weighted by atomic mass is 32.1. The van der Waals surface area contributed by atoms with Crippen molar-refractivity contribution in [3.05, 3.63) is 59.0 Å². The third-order valence-electron chi connectivity index (χ3n) is 2.96. The predicted octanol–water partition coefficient (Wildman–Crippen LogP) is 2.29. The monoisotopic (exact) mass is 302 g/mol. The van der Waals surface area contributed by atoms with Gasteiger partial charge in [-0.2, -0.15) is 5.10 Å². The normalized spacial score (nSPS) is 10.7. The number of nitrogens with two attached hydrogens (primary N) is 1. The molecule has 0 aliphatic heterocycles. The second-order valence-electron chi connectivity index (χ2n) is 4.37. The average Bonchev–Trinajstić information content (AvgIpc) is 3.10. The Labute approximate surface area is 123 Å². The molecule has 21 heavy (non-hydrogen) atoms. The average molecular weight is 302 g/mol. The molecule has 0 fully saturated rings. The lowest BCUT2D eigenvalue weighted by molar-refractivity contribution is 0.0995. The van der Waals surface area contributed by atoms with Crippen LogP contribution in [0.15, 0.2) is 41.9 Å². The van der Waals surface area contributed by atoms with Gasteiger partial charge in [-0.1, -0.05) is 18.2 Å². The largest absolute Gasteiger partial charge is 0.364 e. The molecule has 0 saturated heterocycles. The Morgan fingerprint density at radius 2 is 2.19 bits per heavy atom. The Morgan fingerprint density at radius 3 is 2.86 bits per heavy atom. The zero-order valence-electron chi connectivity index (χ0n) is 10.9. The minimum Gasteiger partial charge on any atom is -0.364 e. The van der Waals surface area contributed by atoms with Gasteiger partial charge in [0, 0.05) is 17.1 Å². The number of halogens is 1. The third kappa shape index (κ3) is 2.68. The summed E-state index contributed by atoms with van der Waals surface area (Å²) in [5, 5.41) is 6.66. The molecule has 5 nitrogen and oxygen atoms in total. The lowest BCUT2D eigenvalue weighted by atomic mass is 10.2. The minimum atomic E-state index is -0.625. The summed E-state index contributed by atoms with van der Waals surface area (Å²) >= 11 is 1.41. The van der Waals surface area contributed by atoms with Crippen LogP contribution in [0.2, 0.25) is 0 Å². The first-order valence-corrected chi connectivity index (χ1v) is 7.04. The first kappa shape index (κ1) is 13.4. The molecule has 2 aromatic heterocycles. The maximum absolute atomic E-state index is 13.8. The number of carbonyl (C=O) groups is 1. The maximum atomic E-state index is 13.8. The number of nitrogens with zero attached hydrogens (tertiary/aromatic N) is 3. The van der Waals surface area contributed by atoms with Gasteiger partial charge < -0.3 is 5.73 Å². The molecule has 2 N–H and O–H groups in total. The predicted molar refractivity (Wildman–Crippen MR) is 77.4 cm³/mol. The van der Waals surface area contributed by atoms with Crippen LogP contribution in [0.5, 0.6) is 0 Å². The van der Waals surface area contributed by atoms with Gasteiger partial charge in [0.2, 0.25) is 0 Å². The van der Waals surface area contributed by atoms with E-state index in [1.807, 2.05) is 5.38 Å². The van der Waals surface area contributed by atoms with Crippen LogP contribution in [-0.2, 0) is 6.54 Å². The van der Waals surface area contributed by atoms with E-state index in [9.17, 15) is 9.18 Å². The fourth-order valence-electron chi connectivity index (χ4n) is 1.97. The molecule has 0 spiro atoms. The number of thiazole rings is 1. The van der Waals surface area contributed by atoms with Crippen molar-refractivity contribution in [3.63, 3.8) is 0 Å². The van der Waals surface area contributed by atoms with Gasteiger partial charge in [0.15, 0.2) is 5.69 Å². The standard InChI is InChI=1S/C14H11FN4OS/c15-10-4-2-1-3-9(10)8-19-12(14-17-5-6-21-14)7-11(18-19)13(16)20/h1-7H,8H2,(H2,16,20). The third-order valence-corrected chi connectivity index (χ3v) is 3.76. The molecule has 3 rings (SSSR count). The smallest absolute Gasteiger partial charge is 0.269 e. The Bertz CT molecular complexity index is 782. The molecule has 1 aromatic carbocycles. The first-order chi connectivity index (χ1) is 10.1. The van der Waals surface area contributed by atoms with Crippen molar-refractivity contribution in [2.45, 2.75) is 6.54 Å². The quantitative estimate of drug-likeness (QED) is 0.803. The fourth-order valence-corrected chi connectivity index (χ4v) is 2.63. The molecular weight excluding hydrogens is 291 g/mol. The Hall–Kier alpha value is -2.54. The Kier molecular flexibility index (Phi) is 3.49. The summed E-state index contributed by atoms with van der Waals surface area (Å²) in [6.07, 6.45) is 1.66. The van der Waals surface area contributed by atoms with Crippen molar-refractivity contribution < 1.29 is 9.18 Å². The number of hydrogen-bond acceptors (Lipinski definition) is 4. The van der Waals surface area contributed by atoms with E-state index in [0.29, 0.717) is 16.3 Å². The highest BCUT2D eigenvalue weighted by Crippen LogP contribution is 2.24. The van der Waals surface area contributed by atoms with E-state index < -0.39 is 5.91 Å². The van der Waals surface area contributed by atoms with Crippen molar-refractivity contribution in [2.75, 3.05) is 0 Å². The number of aromatic nitrogens is 3. The molecule has 2 heterocycles. The van der Waals surface area contributed by atoms with E-state index in [0.717, 1.165) is 0 Å². The molecule has 0 aliphatic carbocycles. The van der Waals surface area contributed by atoms with Crippen molar-refractivity contribution >= 4 is 17.2 Å². The zero-order valence-corrected chi connectivity index (χ0v) is 11.7. The van der Waals surface area contributed by atoms with E-state index in [-0.39, 0.29) is 18.1 Å². The van der Waals surface area contributed by atoms with Crippen LogP contribution >= 0.6 is 11.3 Å². The van der Waals surface area contributed by atoms with Crippen molar-refractivity contribution in [2.24, 2.45) is 5.73 Å². The van der Waals surface area contributed by atoms with Crippen LogP contribution < -0.4 is 5.73 Å². The number of rotatable bonds is 4. The molecule has 7 heteroatoms. The van der Waals surface area contributed by atoms with Crippen molar-refractivity contribution in [1.29, 1.82) is 0 Å². The molecule has 3 aromatic rings. The number of amides is 1. The van der Waals surface area contributed by atoms with Crippen molar-refractivity contribution in [1.82, 2.24) is 14.8 Å². The van der Waals surface area contributed by atoms with Gasteiger partial charge in [-0.05, 0) is 12.1 Å². The van der Waals surface area contributed by atoms with Crippen LogP contribution in [0.4, 0.5) is 4.39 Å². The minimum absolute atomic E-state index is 0.136. The molecule has 1 amide bonds. The molecule has 0 unspecified atom stereocenters. The second-order valence-corrected chi connectivity index (χ2v) is 5.26. The summed E-state index contributed by atoms with van der Waals surface area (Å²) < 4.78 is 15.3. The van der Waals surface area contributed by atoms with E-state index in [2.05, 4.69) is 10.1 Å². The van der Waals surface area contributed by atoms with Gasteiger partial charge in [0.05, 0.1) is 12.2 Å². The topological polar surface area (TPSA) is 73.8 Å². The zero-order chi connectivity index (χ0) is 14.8. The van der Waals surface area contributed by atoms with E-state index in [4.69, 9.17) is 5.73 Å². The molecule has 106 valence electrons. The maximum Gasteiger partial charge on any atom is 0.269 e. The van der Waals surface area contributed by atoms with Gasteiger partial charge in [0.1, 0.15) is 10.8 Å². The molecule has 0 bridgehead atoms. The van der Waals surface area contributed by atoms with Gasteiger partial charge in [-0.25, -0.2) is 9.37 Å². The van der Waals surface area contributed by atoms with Gasteiger partial charge >= 0.3 is 0 Å². The Balaban J connectivity index is 2.05. The highest BCUT2D eigenvalue weighted by Gasteiger charge is 2.16. The number of benzene rings is 1. The van der Waals surface area contributed by atoms with Gasteiger partial charge in [-0.3, -0.25) is 9.48 Å². The number of primary amides is 1. The van der Waals surface area contributed by atoms with E-state index in [1.165, 1.54) is 22.1 Å². The van der Waals surface area contributed by atoms with Crippen LogP contribution in [0.3, 0.4) is 0 Å². The van der Waals surface area contributed by atoms with E-state index >= 15 is 0 Å². The summed E-state index contributed by atoms with van der Waals surface area (Å²) in [6, 6.07) is 8.00. The summed E-state index contributed by atoms with van der Waals surface area (Å²) in [6.45, 7) is 0.203. The van der Waals surface area contributed by atoms with Gasteiger partial charge in [-0.15, -0.1) is 11.3 Å². The molecule has 0 radical (unpaired) electrons. The summed E-state index contributed by atoms with van der Waals surface area (Å²) in [5.74, 6) is -0.946. The van der Waals surface area contributed by atoms with Crippen LogP contribution in [0.25, 0.3) is 10.7 Å². The van der Waals surface area contributed by atoms with Crippen molar-refractivity contribution in [3.8, 4) is 10.7 Å². The van der Waals surface area contributed by atoms with Gasteiger partial charge in [0.25, 0.3) is 5.91 Å². The lowest BCUT2D eigenvalue weighted by Gasteiger charge is -2.06. The highest BCUT2D eigenvalue weighted by molar-refractivity contribution is 7.13. The SMILES string of the molecule is NC(=O)c1cc(-c2nccs2)n(Cc2ccccc2F)n1. The van der Waals surface area contributed by atoms with Crippen LogP contribution in [-0.4, -0.2) is 20.7 Å².